The Morgan fingerprint density at radius 2 is 2.23 bits per heavy atom. The maximum atomic E-state index is 11.3. The quantitative estimate of drug-likeness (QED) is 0.522. The van der Waals surface area contributed by atoms with Gasteiger partial charge in [0.2, 0.25) is 0 Å². The van der Waals surface area contributed by atoms with Crippen molar-refractivity contribution in [2.75, 3.05) is 7.11 Å². The van der Waals surface area contributed by atoms with Gasteiger partial charge in [0.25, 0.3) is 0 Å². The van der Waals surface area contributed by atoms with Gasteiger partial charge in [0.05, 0.1) is 12.7 Å². The summed E-state index contributed by atoms with van der Waals surface area (Å²) in [4.78, 5) is 11.3. The number of carbonyl (C=O) groups excluding carboxylic acids is 1. The van der Waals surface area contributed by atoms with Gasteiger partial charge in [-0.1, -0.05) is 12.6 Å². The van der Waals surface area contributed by atoms with Crippen LogP contribution in [-0.2, 0) is 0 Å². The SMILES string of the molecule is C=CC(=O)c1ccc(C)cc1OC. The summed E-state index contributed by atoms with van der Waals surface area (Å²) in [5.41, 5.74) is 1.63. The lowest BCUT2D eigenvalue weighted by Crippen LogP contribution is -1.98. The average molecular weight is 176 g/mol. The summed E-state index contributed by atoms with van der Waals surface area (Å²) in [6, 6.07) is 5.45. The van der Waals surface area contributed by atoms with E-state index in [0.717, 1.165) is 5.56 Å². The van der Waals surface area contributed by atoms with Crippen LogP contribution in [-0.4, -0.2) is 12.9 Å². The van der Waals surface area contributed by atoms with E-state index in [2.05, 4.69) is 6.58 Å². The zero-order chi connectivity index (χ0) is 9.84. The van der Waals surface area contributed by atoms with Crippen LogP contribution >= 0.6 is 0 Å². The van der Waals surface area contributed by atoms with E-state index < -0.39 is 0 Å². The minimum absolute atomic E-state index is 0.114. The molecule has 0 aliphatic carbocycles. The maximum Gasteiger partial charge on any atom is 0.188 e. The number of hydrogen-bond donors (Lipinski definition) is 0. The highest BCUT2D eigenvalue weighted by Crippen LogP contribution is 2.20. The summed E-state index contributed by atoms with van der Waals surface area (Å²) in [5.74, 6) is 0.488. The Hall–Kier alpha value is -1.57. The highest BCUT2D eigenvalue weighted by molar-refractivity contribution is 6.06. The van der Waals surface area contributed by atoms with E-state index in [4.69, 9.17) is 4.74 Å². The van der Waals surface area contributed by atoms with Crippen LogP contribution in [0.15, 0.2) is 30.9 Å². The Labute approximate surface area is 77.8 Å². The third kappa shape index (κ3) is 1.96. The van der Waals surface area contributed by atoms with Gasteiger partial charge in [-0.2, -0.15) is 0 Å². The number of ketones is 1. The van der Waals surface area contributed by atoms with Crippen molar-refractivity contribution in [3.8, 4) is 5.75 Å². The molecule has 0 aliphatic heterocycles. The van der Waals surface area contributed by atoms with Crippen LogP contribution in [0.2, 0.25) is 0 Å². The predicted molar refractivity (Wildman–Crippen MR) is 52.3 cm³/mol. The van der Waals surface area contributed by atoms with Gasteiger partial charge in [-0.3, -0.25) is 4.79 Å². The molecule has 13 heavy (non-hydrogen) atoms. The van der Waals surface area contributed by atoms with Gasteiger partial charge >= 0.3 is 0 Å². The lowest BCUT2D eigenvalue weighted by Gasteiger charge is -2.05. The Morgan fingerprint density at radius 3 is 2.77 bits per heavy atom. The molecule has 0 spiro atoms. The fourth-order valence-corrected chi connectivity index (χ4v) is 1.11. The number of benzene rings is 1. The first-order valence-corrected chi connectivity index (χ1v) is 4.00. The van der Waals surface area contributed by atoms with E-state index in [1.165, 1.54) is 6.08 Å². The first-order chi connectivity index (χ1) is 6.19. The largest absolute Gasteiger partial charge is 0.496 e. The van der Waals surface area contributed by atoms with Crippen LogP contribution in [0.5, 0.6) is 5.75 Å². The second-order valence-corrected chi connectivity index (χ2v) is 2.77. The molecule has 0 radical (unpaired) electrons. The monoisotopic (exact) mass is 176 g/mol. The van der Waals surface area contributed by atoms with E-state index in [1.54, 1.807) is 13.2 Å². The molecule has 0 atom stereocenters. The number of hydrogen-bond acceptors (Lipinski definition) is 2. The second-order valence-electron chi connectivity index (χ2n) is 2.77. The number of allylic oxidation sites excluding steroid dienone is 1. The molecule has 2 heteroatoms. The van der Waals surface area contributed by atoms with Crippen molar-refractivity contribution in [1.29, 1.82) is 0 Å². The Morgan fingerprint density at radius 1 is 1.54 bits per heavy atom. The summed E-state index contributed by atoms with van der Waals surface area (Å²) in [7, 11) is 1.55. The average Bonchev–Trinajstić information content (AvgIpc) is 2.16. The van der Waals surface area contributed by atoms with Crippen molar-refractivity contribution in [3.05, 3.63) is 42.0 Å². The van der Waals surface area contributed by atoms with Crippen LogP contribution in [0, 0.1) is 6.92 Å². The summed E-state index contributed by atoms with van der Waals surface area (Å²) >= 11 is 0. The second kappa shape index (κ2) is 3.90. The van der Waals surface area contributed by atoms with Crippen LogP contribution in [0.4, 0.5) is 0 Å². The molecule has 0 heterocycles. The molecule has 0 amide bonds. The van der Waals surface area contributed by atoms with Crippen molar-refractivity contribution in [3.63, 3.8) is 0 Å². The van der Waals surface area contributed by atoms with Crippen molar-refractivity contribution >= 4 is 5.78 Å². The molecule has 1 aromatic carbocycles. The third-order valence-electron chi connectivity index (χ3n) is 1.81. The lowest BCUT2D eigenvalue weighted by atomic mass is 10.1. The molecule has 0 bridgehead atoms. The summed E-state index contributed by atoms with van der Waals surface area (Å²) in [6.07, 6.45) is 1.28. The maximum absolute atomic E-state index is 11.3. The molecule has 0 saturated carbocycles. The smallest absolute Gasteiger partial charge is 0.188 e. The first-order valence-electron chi connectivity index (χ1n) is 4.00. The van der Waals surface area contributed by atoms with Gasteiger partial charge in [0.1, 0.15) is 5.75 Å². The number of carbonyl (C=O) groups is 1. The molecule has 0 aliphatic rings. The normalized spacial score (nSPS) is 9.38. The highest BCUT2D eigenvalue weighted by atomic mass is 16.5. The molecule has 0 aromatic heterocycles. The summed E-state index contributed by atoms with van der Waals surface area (Å²) in [5, 5.41) is 0. The predicted octanol–water partition coefficient (Wildman–Crippen LogP) is 2.37. The molecule has 0 unspecified atom stereocenters. The topological polar surface area (TPSA) is 26.3 Å². The van der Waals surface area contributed by atoms with E-state index in [1.807, 2.05) is 19.1 Å². The molecule has 0 saturated heterocycles. The molecule has 1 aromatic rings. The van der Waals surface area contributed by atoms with Gasteiger partial charge in [0, 0.05) is 0 Å². The molecular weight excluding hydrogens is 164 g/mol. The van der Waals surface area contributed by atoms with E-state index in [0.29, 0.717) is 11.3 Å². The van der Waals surface area contributed by atoms with Crippen molar-refractivity contribution < 1.29 is 9.53 Å². The molecule has 0 N–H and O–H groups in total. The molecule has 2 nitrogen and oxygen atoms in total. The van der Waals surface area contributed by atoms with E-state index >= 15 is 0 Å². The number of methoxy groups -OCH3 is 1. The third-order valence-corrected chi connectivity index (χ3v) is 1.81. The molecule has 68 valence electrons. The zero-order valence-corrected chi connectivity index (χ0v) is 7.83. The van der Waals surface area contributed by atoms with Crippen LogP contribution in [0.25, 0.3) is 0 Å². The minimum Gasteiger partial charge on any atom is -0.496 e. The van der Waals surface area contributed by atoms with Gasteiger partial charge in [-0.15, -0.1) is 0 Å². The van der Waals surface area contributed by atoms with Crippen molar-refractivity contribution in [2.24, 2.45) is 0 Å². The van der Waals surface area contributed by atoms with E-state index in [9.17, 15) is 4.79 Å². The van der Waals surface area contributed by atoms with Gasteiger partial charge < -0.3 is 4.74 Å². The Bertz CT molecular complexity index is 340. The van der Waals surface area contributed by atoms with E-state index in [-0.39, 0.29) is 5.78 Å². The fourth-order valence-electron chi connectivity index (χ4n) is 1.11. The van der Waals surface area contributed by atoms with Crippen LogP contribution < -0.4 is 4.74 Å². The van der Waals surface area contributed by atoms with Crippen LogP contribution in [0.1, 0.15) is 15.9 Å². The lowest BCUT2D eigenvalue weighted by molar-refractivity contribution is 0.104. The number of ether oxygens (including phenoxy) is 1. The molecule has 0 fully saturated rings. The summed E-state index contributed by atoms with van der Waals surface area (Å²) < 4.78 is 5.08. The zero-order valence-electron chi connectivity index (χ0n) is 7.83. The van der Waals surface area contributed by atoms with Crippen LogP contribution in [0.3, 0.4) is 0 Å². The highest BCUT2D eigenvalue weighted by Gasteiger charge is 2.07. The fraction of sp³-hybridized carbons (Fsp3) is 0.182. The Balaban J connectivity index is 3.20. The Kier molecular flexibility index (Phi) is 2.85. The van der Waals surface area contributed by atoms with Gasteiger partial charge in [-0.05, 0) is 30.7 Å². The number of aryl methyl sites for hydroxylation is 1. The standard InChI is InChI=1S/C11H12O2/c1-4-10(12)9-6-5-8(2)7-11(9)13-3/h4-7H,1H2,2-3H3. The molecular formula is C11H12O2. The van der Waals surface area contributed by atoms with Gasteiger partial charge in [0.15, 0.2) is 5.78 Å². The van der Waals surface area contributed by atoms with Gasteiger partial charge in [-0.25, -0.2) is 0 Å². The first kappa shape index (κ1) is 9.52. The van der Waals surface area contributed by atoms with Crippen molar-refractivity contribution in [1.82, 2.24) is 0 Å². The minimum atomic E-state index is -0.114. The number of rotatable bonds is 3. The van der Waals surface area contributed by atoms with Crippen molar-refractivity contribution in [2.45, 2.75) is 6.92 Å². The molecule has 1 rings (SSSR count). The summed E-state index contributed by atoms with van der Waals surface area (Å²) in [6.45, 7) is 5.38.